The second-order valence-electron chi connectivity index (χ2n) is 3.72. The highest BCUT2D eigenvalue weighted by atomic mass is 35.5. The zero-order chi connectivity index (χ0) is 12.6. The van der Waals surface area contributed by atoms with Crippen molar-refractivity contribution in [3.05, 3.63) is 32.8 Å². The topological polar surface area (TPSA) is 89.7 Å². The quantitative estimate of drug-likeness (QED) is 0.645. The highest BCUT2D eigenvalue weighted by Gasteiger charge is 2.31. The average molecular weight is 258 g/mol. The van der Waals surface area contributed by atoms with Gasteiger partial charge in [-0.2, -0.15) is 0 Å². The van der Waals surface area contributed by atoms with Crippen molar-refractivity contribution in [1.29, 1.82) is 0 Å². The fraction of sp³-hybridized carbons (Fsp3) is 0.300. The SMILES string of the molecule is O=C(O)[C@@H]1COc2c(cc(Cl)cc2[N+](=O)[O-])C1. The molecule has 0 radical (unpaired) electrons. The number of hydrogen-bond acceptors (Lipinski definition) is 4. The number of carboxylic acid groups (broad SMARTS) is 1. The standard InChI is InChI=1S/C10H8ClNO5/c11-7-2-5-1-6(10(13)14)4-17-9(5)8(3-7)12(15)16/h2-3,6H,1,4H2,(H,13,14)/t6-/m0/s1. The van der Waals surface area contributed by atoms with E-state index in [1.54, 1.807) is 0 Å². The van der Waals surface area contributed by atoms with Crippen molar-refractivity contribution >= 4 is 23.3 Å². The van der Waals surface area contributed by atoms with Gasteiger partial charge in [0.05, 0.1) is 10.8 Å². The lowest BCUT2D eigenvalue weighted by atomic mass is 9.96. The molecule has 1 aromatic carbocycles. The molecule has 0 spiro atoms. The highest BCUT2D eigenvalue weighted by molar-refractivity contribution is 6.31. The second kappa shape index (κ2) is 4.21. The Labute approximate surface area is 101 Å². The zero-order valence-electron chi connectivity index (χ0n) is 8.55. The lowest BCUT2D eigenvalue weighted by Crippen LogP contribution is -2.28. The molecule has 1 heterocycles. The molecule has 0 aliphatic carbocycles. The van der Waals surface area contributed by atoms with Crippen LogP contribution in [0.2, 0.25) is 5.02 Å². The fourth-order valence-corrected chi connectivity index (χ4v) is 1.99. The molecule has 2 rings (SSSR count). The number of hydrogen-bond donors (Lipinski definition) is 1. The van der Waals surface area contributed by atoms with Crippen LogP contribution in [-0.2, 0) is 11.2 Å². The van der Waals surface area contributed by atoms with Crippen LogP contribution < -0.4 is 4.74 Å². The van der Waals surface area contributed by atoms with E-state index in [2.05, 4.69) is 0 Å². The first-order chi connectivity index (χ1) is 7.99. The van der Waals surface area contributed by atoms with E-state index >= 15 is 0 Å². The molecule has 7 heteroatoms. The monoisotopic (exact) mass is 257 g/mol. The molecule has 1 aliphatic rings. The average Bonchev–Trinajstić information content (AvgIpc) is 2.26. The molecule has 17 heavy (non-hydrogen) atoms. The highest BCUT2D eigenvalue weighted by Crippen LogP contribution is 2.38. The molecule has 0 aromatic heterocycles. The van der Waals surface area contributed by atoms with Gasteiger partial charge in [-0.25, -0.2) is 0 Å². The van der Waals surface area contributed by atoms with Crippen molar-refractivity contribution in [2.45, 2.75) is 6.42 Å². The number of nitro benzene ring substituents is 1. The Hall–Kier alpha value is -1.82. The van der Waals surface area contributed by atoms with Gasteiger partial charge in [-0.05, 0) is 12.5 Å². The van der Waals surface area contributed by atoms with Gasteiger partial charge >= 0.3 is 11.7 Å². The van der Waals surface area contributed by atoms with Crippen molar-refractivity contribution in [3.8, 4) is 5.75 Å². The summed E-state index contributed by atoms with van der Waals surface area (Å²) < 4.78 is 5.16. The van der Waals surface area contributed by atoms with Crippen LogP contribution in [-0.4, -0.2) is 22.6 Å². The van der Waals surface area contributed by atoms with Gasteiger partial charge in [0.2, 0.25) is 5.75 Å². The van der Waals surface area contributed by atoms with Gasteiger partial charge in [0, 0.05) is 16.7 Å². The summed E-state index contributed by atoms with van der Waals surface area (Å²) in [4.78, 5) is 21.0. The minimum atomic E-state index is -0.988. The zero-order valence-corrected chi connectivity index (χ0v) is 9.31. The molecule has 1 aromatic rings. The Morgan fingerprint density at radius 3 is 2.88 bits per heavy atom. The van der Waals surface area contributed by atoms with Crippen LogP contribution in [0.1, 0.15) is 5.56 Å². The van der Waals surface area contributed by atoms with E-state index in [-0.39, 0.29) is 29.5 Å². The first-order valence-corrected chi connectivity index (χ1v) is 5.19. The lowest BCUT2D eigenvalue weighted by Gasteiger charge is -2.22. The van der Waals surface area contributed by atoms with Gasteiger partial charge in [0.25, 0.3) is 0 Å². The Balaban J connectivity index is 2.45. The summed E-state index contributed by atoms with van der Waals surface area (Å²) >= 11 is 5.75. The third-order valence-electron chi connectivity index (χ3n) is 2.55. The Morgan fingerprint density at radius 2 is 2.29 bits per heavy atom. The number of halogens is 1. The van der Waals surface area contributed by atoms with Crippen LogP contribution >= 0.6 is 11.6 Å². The predicted octanol–water partition coefficient (Wildman–Crippen LogP) is 1.88. The van der Waals surface area contributed by atoms with Crippen LogP contribution in [0, 0.1) is 16.0 Å². The summed E-state index contributed by atoms with van der Waals surface area (Å²) in [5, 5.41) is 19.9. The number of nitrogens with zero attached hydrogens (tertiary/aromatic N) is 1. The summed E-state index contributed by atoms with van der Waals surface area (Å²) in [6.07, 6.45) is 0.187. The van der Waals surface area contributed by atoms with E-state index in [1.807, 2.05) is 0 Å². The van der Waals surface area contributed by atoms with E-state index in [1.165, 1.54) is 12.1 Å². The summed E-state index contributed by atoms with van der Waals surface area (Å²) in [6, 6.07) is 2.69. The molecular formula is C10H8ClNO5. The first kappa shape index (κ1) is 11.7. The fourth-order valence-electron chi connectivity index (χ4n) is 1.76. The Bertz CT molecular complexity index is 502. The van der Waals surface area contributed by atoms with Crippen molar-refractivity contribution in [2.24, 2.45) is 5.92 Å². The minimum Gasteiger partial charge on any atom is -0.486 e. The molecule has 0 bridgehead atoms. The Kier molecular flexibility index (Phi) is 2.89. The van der Waals surface area contributed by atoms with Gasteiger partial charge in [-0.15, -0.1) is 0 Å². The molecule has 0 saturated heterocycles. The van der Waals surface area contributed by atoms with Crippen LogP contribution in [0.5, 0.6) is 5.75 Å². The van der Waals surface area contributed by atoms with Crippen LogP contribution in [0.25, 0.3) is 0 Å². The molecule has 90 valence electrons. The number of carboxylic acids is 1. The van der Waals surface area contributed by atoms with Crippen LogP contribution in [0.4, 0.5) is 5.69 Å². The molecule has 1 atom stereocenters. The van der Waals surface area contributed by atoms with Crippen molar-refractivity contribution in [2.75, 3.05) is 6.61 Å². The maximum atomic E-state index is 10.8. The van der Waals surface area contributed by atoms with Crippen molar-refractivity contribution < 1.29 is 19.6 Å². The predicted molar refractivity (Wildman–Crippen MR) is 58.4 cm³/mol. The molecule has 0 saturated carbocycles. The van der Waals surface area contributed by atoms with E-state index in [0.29, 0.717) is 5.56 Å². The smallest absolute Gasteiger partial charge is 0.312 e. The molecule has 6 nitrogen and oxygen atoms in total. The van der Waals surface area contributed by atoms with Crippen molar-refractivity contribution in [1.82, 2.24) is 0 Å². The molecule has 0 unspecified atom stereocenters. The molecule has 1 aliphatic heterocycles. The molecule has 0 amide bonds. The third kappa shape index (κ3) is 2.16. The van der Waals surface area contributed by atoms with Gasteiger partial charge in [0.15, 0.2) is 0 Å². The molecule has 0 fully saturated rings. The maximum Gasteiger partial charge on any atom is 0.312 e. The number of aliphatic carboxylic acids is 1. The number of benzene rings is 1. The number of rotatable bonds is 2. The molecular weight excluding hydrogens is 250 g/mol. The first-order valence-electron chi connectivity index (χ1n) is 4.81. The van der Waals surface area contributed by atoms with Gasteiger partial charge < -0.3 is 9.84 Å². The minimum absolute atomic E-state index is 0.0647. The summed E-state index contributed by atoms with van der Waals surface area (Å²) in [5.41, 5.74) is 0.235. The Morgan fingerprint density at radius 1 is 1.59 bits per heavy atom. The van der Waals surface area contributed by atoms with Crippen LogP contribution in [0.3, 0.4) is 0 Å². The lowest BCUT2D eigenvalue weighted by molar-refractivity contribution is -0.386. The largest absolute Gasteiger partial charge is 0.486 e. The van der Waals surface area contributed by atoms with Gasteiger partial charge in [0.1, 0.15) is 6.61 Å². The van der Waals surface area contributed by atoms with E-state index in [0.717, 1.165) is 0 Å². The van der Waals surface area contributed by atoms with Crippen LogP contribution in [0.15, 0.2) is 12.1 Å². The maximum absolute atomic E-state index is 10.8. The number of carbonyl (C=O) groups is 1. The second-order valence-corrected chi connectivity index (χ2v) is 4.16. The summed E-state index contributed by atoms with van der Waals surface area (Å²) in [5.74, 6) is -1.56. The number of ether oxygens (including phenoxy) is 1. The van der Waals surface area contributed by atoms with Gasteiger partial charge in [-0.1, -0.05) is 11.6 Å². The summed E-state index contributed by atoms with van der Waals surface area (Å²) in [7, 11) is 0. The van der Waals surface area contributed by atoms with E-state index in [9.17, 15) is 14.9 Å². The third-order valence-corrected chi connectivity index (χ3v) is 2.77. The number of nitro groups is 1. The molecule has 1 N–H and O–H groups in total. The van der Waals surface area contributed by atoms with Crippen molar-refractivity contribution in [3.63, 3.8) is 0 Å². The van der Waals surface area contributed by atoms with Gasteiger partial charge in [-0.3, -0.25) is 14.9 Å². The number of fused-ring (bicyclic) bond motifs is 1. The normalized spacial score (nSPS) is 18.1. The summed E-state index contributed by atoms with van der Waals surface area (Å²) in [6.45, 7) is -0.0647. The van der Waals surface area contributed by atoms with E-state index < -0.39 is 16.8 Å². The van der Waals surface area contributed by atoms with E-state index in [4.69, 9.17) is 21.4 Å².